The molecule has 2 nitrogen and oxygen atoms in total. The Morgan fingerprint density at radius 1 is 0.682 bits per heavy atom. The summed E-state index contributed by atoms with van der Waals surface area (Å²) in [4.78, 5) is 23.5. The van der Waals surface area contributed by atoms with Crippen LogP contribution in [0.5, 0.6) is 0 Å². The van der Waals surface area contributed by atoms with Gasteiger partial charge in [0.25, 0.3) is 10.5 Å². The Morgan fingerprint density at radius 3 is 1.45 bits per heavy atom. The van der Waals surface area contributed by atoms with Gasteiger partial charge in [0, 0.05) is 11.1 Å². The highest BCUT2D eigenvalue weighted by Gasteiger charge is 2.18. The third-order valence-corrected chi connectivity index (χ3v) is 4.45. The van der Waals surface area contributed by atoms with Gasteiger partial charge in [-0.25, -0.2) is 0 Å². The SMILES string of the molecule is O=C(Cl)c1cc2cccc3c(C(=O)Cl)cc4cccc1c4c23. The van der Waals surface area contributed by atoms with Gasteiger partial charge < -0.3 is 0 Å². The first-order chi connectivity index (χ1) is 10.6. The van der Waals surface area contributed by atoms with Crippen molar-refractivity contribution in [2.75, 3.05) is 0 Å². The van der Waals surface area contributed by atoms with Crippen molar-refractivity contribution in [1.29, 1.82) is 0 Å². The minimum absolute atomic E-state index is 0.470. The molecular formula is C18H8Cl2O2. The molecular weight excluding hydrogens is 319 g/mol. The van der Waals surface area contributed by atoms with E-state index in [1.54, 1.807) is 12.1 Å². The zero-order valence-corrected chi connectivity index (χ0v) is 12.7. The first-order valence-electron chi connectivity index (χ1n) is 6.68. The van der Waals surface area contributed by atoms with Gasteiger partial charge in [-0.3, -0.25) is 9.59 Å². The van der Waals surface area contributed by atoms with Gasteiger partial charge in [0.2, 0.25) is 0 Å². The average Bonchev–Trinajstić information content (AvgIpc) is 2.51. The molecule has 0 saturated heterocycles. The van der Waals surface area contributed by atoms with E-state index in [0.29, 0.717) is 11.1 Å². The Bertz CT molecular complexity index is 995. The molecule has 0 aliphatic rings. The Labute approximate surface area is 135 Å². The van der Waals surface area contributed by atoms with Crippen LogP contribution in [0.15, 0.2) is 48.5 Å². The summed E-state index contributed by atoms with van der Waals surface area (Å²) >= 11 is 11.5. The van der Waals surface area contributed by atoms with E-state index >= 15 is 0 Å². The largest absolute Gasteiger partial charge is 0.276 e. The number of hydrogen-bond donors (Lipinski definition) is 0. The van der Waals surface area contributed by atoms with E-state index in [1.165, 1.54) is 0 Å². The molecule has 0 aromatic heterocycles. The topological polar surface area (TPSA) is 34.1 Å². The van der Waals surface area contributed by atoms with Gasteiger partial charge >= 0.3 is 0 Å². The molecule has 0 aliphatic heterocycles. The lowest BCUT2D eigenvalue weighted by molar-refractivity contribution is 0.107. The van der Waals surface area contributed by atoms with E-state index in [2.05, 4.69) is 0 Å². The molecule has 4 aromatic rings. The highest BCUT2D eigenvalue weighted by molar-refractivity contribution is 6.69. The minimum Gasteiger partial charge on any atom is -0.276 e. The molecule has 0 fully saturated rings. The molecule has 0 amide bonds. The van der Waals surface area contributed by atoms with E-state index < -0.39 is 10.5 Å². The van der Waals surface area contributed by atoms with Crippen LogP contribution in [0, 0.1) is 0 Å². The maximum atomic E-state index is 11.8. The van der Waals surface area contributed by atoms with Crippen LogP contribution in [-0.2, 0) is 0 Å². The van der Waals surface area contributed by atoms with Crippen molar-refractivity contribution in [1.82, 2.24) is 0 Å². The predicted octanol–water partition coefficient (Wildman–Crippen LogP) is 5.34. The monoisotopic (exact) mass is 326 g/mol. The van der Waals surface area contributed by atoms with Crippen molar-refractivity contribution in [3.8, 4) is 0 Å². The molecule has 4 aromatic carbocycles. The van der Waals surface area contributed by atoms with Gasteiger partial charge in [0.15, 0.2) is 0 Å². The van der Waals surface area contributed by atoms with Crippen LogP contribution < -0.4 is 0 Å². The van der Waals surface area contributed by atoms with Crippen LogP contribution in [0.1, 0.15) is 20.7 Å². The van der Waals surface area contributed by atoms with Crippen LogP contribution in [0.4, 0.5) is 0 Å². The second-order valence-electron chi connectivity index (χ2n) is 5.20. The number of benzene rings is 4. The first kappa shape index (κ1) is 13.5. The summed E-state index contributed by atoms with van der Waals surface area (Å²) < 4.78 is 0. The zero-order valence-electron chi connectivity index (χ0n) is 11.2. The summed E-state index contributed by atoms with van der Waals surface area (Å²) in [6.45, 7) is 0. The molecule has 0 atom stereocenters. The van der Waals surface area contributed by atoms with E-state index in [9.17, 15) is 9.59 Å². The number of carbonyl (C=O) groups is 2. The van der Waals surface area contributed by atoms with Gasteiger partial charge in [-0.05, 0) is 67.7 Å². The second-order valence-corrected chi connectivity index (χ2v) is 5.89. The molecule has 0 spiro atoms. The standard InChI is InChI=1S/C18H8Cl2O2/c19-17(21)13-8-10-4-2-6-12-14(18(20)22)7-9-3-1-5-11(13)15(9)16(10)12/h1-8H. The number of rotatable bonds is 2. The highest BCUT2D eigenvalue weighted by atomic mass is 35.5. The predicted molar refractivity (Wildman–Crippen MR) is 90.5 cm³/mol. The fourth-order valence-electron chi connectivity index (χ4n) is 3.18. The maximum Gasteiger partial charge on any atom is 0.253 e. The summed E-state index contributed by atoms with van der Waals surface area (Å²) in [6.07, 6.45) is 0. The Hall–Kier alpha value is -2.16. The van der Waals surface area contributed by atoms with E-state index in [4.69, 9.17) is 23.2 Å². The third-order valence-electron chi connectivity index (χ3n) is 4.05. The van der Waals surface area contributed by atoms with Gasteiger partial charge in [0.05, 0.1) is 0 Å². The van der Waals surface area contributed by atoms with Crippen LogP contribution in [0.2, 0.25) is 0 Å². The van der Waals surface area contributed by atoms with E-state index in [0.717, 1.165) is 32.3 Å². The van der Waals surface area contributed by atoms with Crippen molar-refractivity contribution >= 4 is 66.0 Å². The van der Waals surface area contributed by atoms with Crippen molar-refractivity contribution < 1.29 is 9.59 Å². The minimum atomic E-state index is -0.493. The number of halogens is 2. The summed E-state index contributed by atoms with van der Waals surface area (Å²) in [5.74, 6) is 0. The molecule has 4 heteroatoms. The van der Waals surface area contributed by atoms with Crippen molar-refractivity contribution in [2.24, 2.45) is 0 Å². The highest BCUT2D eigenvalue weighted by Crippen LogP contribution is 2.38. The average molecular weight is 327 g/mol. The molecule has 0 bridgehead atoms. The van der Waals surface area contributed by atoms with Gasteiger partial charge in [0.1, 0.15) is 0 Å². The normalized spacial score (nSPS) is 11.5. The van der Waals surface area contributed by atoms with E-state index in [-0.39, 0.29) is 0 Å². The summed E-state index contributed by atoms with van der Waals surface area (Å²) in [7, 11) is 0. The second kappa shape index (κ2) is 4.67. The molecule has 0 radical (unpaired) electrons. The summed E-state index contributed by atoms with van der Waals surface area (Å²) in [5, 5.41) is 4.18. The van der Waals surface area contributed by atoms with Gasteiger partial charge in [-0.1, -0.05) is 36.4 Å². The number of carbonyl (C=O) groups excluding carboxylic acids is 2. The molecule has 22 heavy (non-hydrogen) atoms. The lowest BCUT2D eigenvalue weighted by Gasteiger charge is -2.14. The fourth-order valence-corrected chi connectivity index (χ4v) is 3.49. The van der Waals surface area contributed by atoms with Crippen LogP contribution in [0.3, 0.4) is 0 Å². The summed E-state index contributed by atoms with van der Waals surface area (Å²) in [5.41, 5.74) is 0.939. The third kappa shape index (κ3) is 1.75. The lowest BCUT2D eigenvalue weighted by atomic mass is 9.89. The van der Waals surface area contributed by atoms with Crippen LogP contribution in [-0.4, -0.2) is 10.5 Å². The molecule has 106 valence electrons. The van der Waals surface area contributed by atoms with Crippen LogP contribution >= 0.6 is 23.2 Å². The molecule has 0 heterocycles. The van der Waals surface area contributed by atoms with Crippen molar-refractivity contribution in [3.63, 3.8) is 0 Å². The molecule has 0 unspecified atom stereocenters. The van der Waals surface area contributed by atoms with Gasteiger partial charge in [-0.2, -0.15) is 0 Å². The molecule has 4 rings (SSSR count). The van der Waals surface area contributed by atoms with E-state index in [1.807, 2.05) is 36.4 Å². The first-order valence-corrected chi connectivity index (χ1v) is 7.43. The summed E-state index contributed by atoms with van der Waals surface area (Å²) in [6, 6.07) is 14.8. The molecule has 0 N–H and O–H groups in total. The fraction of sp³-hybridized carbons (Fsp3) is 0. The van der Waals surface area contributed by atoms with Gasteiger partial charge in [-0.15, -0.1) is 0 Å². The van der Waals surface area contributed by atoms with Crippen LogP contribution in [0.25, 0.3) is 32.3 Å². The Morgan fingerprint density at radius 2 is 1.09 bits per heavy atom. The Balaban J connectivity index is 2.39. The number of hydrogen-bond acceptors (Lipinski definition) is 2. The maximum absolute atomic E-state index is 11.8. The smallest absolute Gasteiger partial charge is 0.253 e. The quantitative estimate of drug-likeness (QED) is 0.368. The lowest BCUT2D eigenvalue weighted by Crippen LogP contribution is -1.97. The Kier molecular flexibility index (Phi) is 2.86. The molecule has 0 saturated carbocycles. The molecule has 0 aliphatic carbocycles. The van der Waals surface area contributed by atoms with Crippen molar-refractivity contribution in [2.45, 2.75) is 0 Å². The zero-order chi connectivity index (χ0) is 15.4. The van der Waals surface area contributed by atoms with Crippen molar-refractivity contribution in [3.05, 3.63) is 59.7 Å².